The first-order chi connectivity index (χ1) is 6.47. The summed E-state index contributed by atoms with van der Waals surface area (Å²) in [7, 11) is -3.81. The molecule has 15 heavy (non-hydrogen) atoms. The Hall–Kier alpha value is 0.361. The van der Waals surface area contributed by atoms with E-state index in [1.54, 1.807) is 0 Å². The standard InChI is InChI=1S/C7H19F3O2Si3/c1-14(2,6-5-7(8,9)10)12-15(3,4)11-13/h5-6H2,1-4,13H3. The third-order valence-electron chi connectivity index (χ3n) is 2.02. The number of alkyl halides is 3. The highest BCUT2D eigenvalue weighted by atomic mass is 28.5. The highest BCUT2D eigenvalue weighted by Gasteiger charge is 2.37. The first-order valence-electron chi connectivity index (χ1n) is 4.79. The van der Waals surface area contributed by atoms with Crippen LogP contribution in [0.5, 0.6) is 0 Å². The second-order valence-electron chi connectivity index (χ2n) is 4.58. The van der Waals surface area contributed by atoms with Gasteiger partial charge in [0.25, 0.3) is 0 Å². The maximum atomic E-state index is 12.1. The third-order valence-corrected chi connectivity index (χ3v) is 11.6. The van der Waals surface area contributed by atoms with Crippen molar-refractivity contribution in [3.63, 3.8) is 0 Å². The molecule has 0 heterocycles. The molecule has 0 saturated heterocycles. The summed E-state index contributed by atoms with van der Waals surface area (Å²) in [4.78, 5) is 0. The lowest BCUT2D eigenvalue weighted by Crippen LogP contribution is -2.46. The predicted molar refractivity (Wildman–Crippen MR) is 62.6 cm³/mol. The Morgan fingerprint density at radius 3 is 1.93 bits per heavy atom. The van der Waals surface area contributed by atoms with Crippen LogP contribution in [-0.2, 0) is 8.23 Å². The second-order valence-corrected chi connectivity index (χ2v) is 13.8. The van der Waals surface area contributed by atoms with Gasteiger partial charge in [-0.15, -0.1) is 0 Å². The van der Waals surface area contributed by atoms with Crippen LogP contribution < -0.4 is 0 Å². The zero-order valence-electron chi connectivity index (χ0n) is 9.86. The summed E-state index contributed by atoms with van der Waals surface area (Å²) in [5.74, 6) is 0. The Balaban J connectivity index is 4.19. The van der Waals surface area contributed by atoms with Crippen LogP contribution in [0.2, 0.25) is 32.2 Å². The topological polar surface area (TPSA) is 18.5 Å². The number of halogens is 3. The van der Waals surface area contributed by atoms with Gasteiger partial charge in [0.05, 0.1) is 0 Å². The Bertz CT molecular complexity index is 206. The molecule has 8 heteroatoms. The van der Waals surface area contributed by atoms with Crippen LogP contribution in [0.15, 0.2) is 0 Å². The van der Waals surface area contributed by atoms with Crippen molar-refractivity contribution >= 4 is 27.4 Å². The zero-order valence-corrected chi connectivity index (χ0v) is 13.9. The van der Waals surface area contributed by atoms with Crippen molar-refractivity contribution in [2.45, 2.75) is 44.8 Å². The minimum atomic E-state index is -4.08. The first-order valence-corrected chi connectivity index (χ1v) is 11.5. The normalized spacial score (nSPS) is 14.6. The smallest absolute Gasteiger partial charge is 0.388 e. The van der Waals surface area contributed by atoms with Crippen molar-refractivity contribution in [2.24, 2.45) is 0 Å². The van der Waals surface area contributed by atoms with Gasteiger partial charge in [-0.05, 0) is 32.2 Å². The van der Waals surface area contributed by atoms with Gasteiger partial charge in [0.1, 0.15) is 10.5 Å². The van der Waals surface area contributed by atoms with Crippen LogP contribution in [0.25, 0.3) is 0 Å². The van der Waals surface area contributed by atoms with Crippen molar-refractivity contribution in [3.05, 3.63) is 0 Å². The van der Waals surface area contributed by atoms with Gasteiger partial charge in [0.2, 0.25) is 0 Å². The van der Waals surface area contributed by atoms with E-state index in [9.17, 15) is 13.2 Å². The van der Waals surface area contributed by atoms with Gasteiger partial charge < -0.3 is 8.23 Å². The second kappa shape index (κ2) is 5.13. The van der Waals surface area contributed by atoms with E-state index in [1.807, 2.05) is 26.2 Å². The van der Waals surface area contributed by atoms with Gasteiger partial charge >= 0.3 is 14.7 Å². The summed E-state index contributed by atoms with van der Waals surface area (Å²) in [6.07, 6.45) is -4.83. The van der Waals surface area contributed by atoms with Gasteiger partial charge in [-0.25, -0.2) is 0 Å². The Morgan fingerprint density at radius 2 is 1.60 bits per heavy atom. The number of rotatable bonds is 5. The molecule has 0 aromatic carbocycles. The summed E-state index contributed by atoms with van der Waals surface area (Å²) < 4.78 is 47.2. The molecule has 0 radical (unpaired) electrons. The Kier molecular flexibility index (Phi) is 5.25. The molecule has 0 spiro atoms. The van der Waals surface area contributed by atoms with E-state index >= 15 is 0 Å². The molecule has 0 saturated carbocycles. The molecule has 0 atom stereocenters. The molecule has 0 unspecified atom stereocenters. The minimum Gasteiger partial charge on any atom is -0.445 e. The molecule has 0 fully saturated rings. The van der Waals surface area contributed by atoms with E-state index < -0.39 is 29.5 Å². The highest BCUT2D eigenvalue weighted by molar-refractivity contribution is 6.83. The average Bonchev–Trinajstić information content (AvgIpc) is 1.98. The van der Waals surface area contributed by atoms with Crippen molar-refractivity contribution in [2.75, 3.05) is 0 Å². The van der Waals surface area contributed by atoms with E-state index in [-0.39, 0.29) is 6.04 Å². The Labute approximate surface area is 94.1 Å². The van der Waals surface area contributed by atoms with Crippen LogP contribution in [0.4, 0.5) is 13.2 Å². The molecule has 0 aliphatic rings. The molecule has 0 amide bonds. The summed E-state index contributed by atoms with van der Waals surface area (Å²) in [5.41, 5.74) is 0. The molecule has 0 N–H and O–H groups in total. The lowest BCUT2D eigenvalue weighted by molar-refractivity contribution is -0.131. The molecule has 2 nitrogen and oxygen atoms in total. The van der Waals surface area contributed by atoms with Crippen LogP contribution in [0.3, 0.4) is 0 Å². The van der Waals surface area contributed by atoms with Gasteiger partial charge in [0.15, 0.2) is 8.32 Å². The molecule has 0 aromatic rings. The summed E-state index contributed by atoms with van der Waals surface area (Å²) in [6, 6.07) is 0.109. The van der Waals surface area contributed by atoms with E-state index in [2.05, 4.69) is 0 Å². The van der Waals surface area contributed by atoms with Gasteiger partial charge in [-0.1, -0.05) is 0 Å². The van der Waals surface area contributed by atoms with Crippen molar-refractivity contribution in [1.82, 2.24) is 0 Å². The molecule has 0 aliphatic heterocycles. The Morgan fingerprint density at radius 1 is 1.13 bits per heavy atom. The third kappa shape index (κ3) is 8.20. The predicted octanol–water partition coefficient (Wildman–Crippen LogP) is 2.16. The van der Waals surface area contributed by atoms with Gasteiger partial charge in [-0.3, -0.25) is 0 Å². The maximum Gasteiger partial charge on any atom is 0.388 e. The fraction of sp³-hybridized carbons (Fsp3) is 1.00. The summed E-state index contributed by atoms with van der Waals surface area (Å²) >= 11 is 0. The monoisotopic (exact) mass is 276 g/mol. The van der Waals surface area contributed by atoms with Crippen LogP contribution in [0, 0.1) is 0 Å². The highest BCUT2D eigenvalue weighted by Crippen LogP contribution is 2.28. The minimum absolute atomic E-state index is 0.109. The molecular formula is C7H19F3O2Si3. The summed E-state index contributed by atoms with van der Waals surface area (Å²) in [6.45, 7) is 7.38. The fourth-order valence-electron chi connectivity index (χ4n) is 1.20. The quantitative estimate of drug-likeness (QED) is 0.717. The largest absolute Gasteiger partial charge is 0.445 e. The molecular weight excluding hydrogens is 257 g/mol. The lowest BCUT2D eigenvalue weighted by atomic mass is 10.5. The molecule has 0 aliphatic carbocycles. The first kappa shape index (κ1) is 15.4. The van der Waals surface area contributed by atoms with Crippen molar-refractivity contribution < 1.29 is 21.4 Å². The molecule has 92 valence electrons. The van der Waals surface area contributed by atoms with Crippen molar-refractivity contribution in [3.8, 4) is 0 Å². The zero-order chi connectivity index (χ0) is 12.3. The van der Waals surface area contributed by atoms with E-state index in [0.717, 1.165) is 0 Å². The molecule has 0 bridgehead atoms. The number of hydrogen-bond acceptors (Lipinski definition) is 2. The van der Waals surface area contributed by atoms with E-state index in [1.165, 1.54) is 0 Å². The fourth-order valence-corrected chi connectivity index (χ4v) is 8.90. The van der Waals surface area contributed by atoms with Gasteiger partial charge in [-0.2, -0.15) is 13.2 Å². The average molecular weight is 276 g/mol. The summed E-state index contributed by atoms with van der Waals surface area (Å²) in [5, 5.41) is 0. The van der Waals surface area contributed by atoms with Crippen LogP contribution in [-0.4, -0.2) is 33.5 Å². The van der Waals surface area contributed by atoms with Crippen molar-refractivity contribution in [1.29, 1.82) is 0 Å². The molecule has 0 rings (SSSR count). The maximum absolute atomic E-state index is 12.1. The lowest BCUT2D eigenvalue weighted by Gasteiger charge is -2.32. The SMILES string of the molecule is C[Si](C)(CCC(F)(F)F)O[Si](C)(C)O[SiH3]. The van der Waals surface area contributed by atoms with E-state index in [4.69, 9.17) is 8.23 Å². The van der Waals surface area contributed by atoms with Gasteiger partial charge in [0, 0.05) is 6.42 Å². The molecule has 0 aromatic heterocycles. The number of hydrogen-bond donors (Lipinski definition) is 0. The van der Waals surface area contributed by atoms with E-state index in [0.29, 0.717) is 10.5 Å². The van der Waals surface area contributed by atoms with Crippen LogP contribution >= 0.6 is 0 Å². The van der Waals surface area contributed by atoms with Crippen LogP contribution in [0.1, 0.15) is 6.42 Å².